The maximum absolute atomic E-state index is 13.1. The molecule has 10 nitrogen and oxygen atoms in total. The van der Waals surface area contributed by atoms with E-state index in [0.717, 1.165) is 14.7 Å². The van der Waals surface area contributed by atoms with E-state index in [1.54, 1.807) is 18.2 Å². The van der Waals surface area contributed by atoms with Crippen molar-refractivity contribution in [3.05, 3.63) is 98.8 Å². The van der Waals surface area contributed by atoms with Crippen LogP contribution in [0.25, 0.3) is 16.9 Å². The SMILES string of the molecule is CCCn1c(N)c(C(=O)COC(=O)c2cc(-c3ccccc3)nn2-c2ccccc2)c(=O)n(C)c1=O. The molecule has 0 radical (unpaired) electrons. The number of ketones is 1. The van der Waals surface area contributed by atoms with E-state index in [2.05, 4.69) is 5.10 Å². The Morgan fingerprint density at radius 2 is 1.64 bits per heavy atom. The molecule has 2 aromatic carbocycles. The molecule has 0 bridgehead atoms. The van der Waals surface area contributed by atoms with Gasteiger partial charge in [-0.25, -0.2) is 14.3 Å². The van der Waals surface area contributed by atoms with Gasteiger partial charge < -0.3 is 10.5 Å². The van der Waals surface area contributed by atoms with Crippen LogP contribution in [0.2, 0.25) is 0 Å². The number of rotatable bonds is 8. The second-order valence-corrected chi connectivity index (χ2v) is 8.09. The molecule has 0 unspecified atom stereocenters. The minimum atomic E-state index is -0.841. The Bertz CT molecular complexity index is 1530. The lowest BCUT2D eigenvalue weighted by molar-refractivity contribution is 0.0465. The van der Waals surface area contributed by atoms with Gasteiger partial charge in [0.1, 0.15) is 11.4 Å². The van der Waals surface area contributed by atoms with Gasteiger partial charge in [0.2, 0.25) is 5.78 Å². The molecule has 4 rings (SSSR count). The van der Waals surface area contributed by atoms with Crippen LogP contribution in [0.1, 0.15) is 34.2 Å². The Labute approximate surface area is 206 Å². The van der Waals surface area contributed by atoms with Crippen LogP contribution >= 0.6 is 0 Å². The molecule has 2 aromatic heterocycles. The zero-order valence-corrected chi connectivity index (χ0v) is 19.9. The number of esters is 1. The molecule has 36 heavy (non-hydrogen) atoms. The van der Waals surface area contributed by atoms with Crippen molar-refractivity contribution < 1.29 is 14.3 Å². The summed E-state index contributed by atoms with van der Waals surface area (Å²) in [4.78, 5) is 51.0. The molecule has 0 atom stereocenters. The predicted octanol–water partition coefficient (Wildman–Crippen LogP) is 2.43. The van der Waals surface area contributed by atoms with E-state index < -0.39 is 29.6 Å². The van der Waals surface area contributed by atoms with Gasteiger partial charge in [-0.15, -0.1) is 0 Å². The number of nitrogen functional groups attached to an aromatic ring is 1. The van der Waals surface area contributed by atoms with Crippen molar-refractivity contribution in [3.8, 4) is 16.9 Å². The Kier molecular flexibility index (Phi) is 6.95. The molecule has 0 saturated carbocycles. The Morgan fingerprint density at radius 1 is 1.00 bits per heavy atom. The zero-order valence-electron chi connectivity index (χ0n) is 19.9. The summed E-state index contributed by atoms with van der Waals surface area (Å²) < 4.78 is 8.71. The summed E-state index contributed by atoms with van der Waals surface area (Å²) in [6, 6.07) is 19.9. The van der Waals surface area contributed by atoms with Gasteiger partial charge in [0.15, 0.2) is 12.3 Å². The van der Waals surface area contributed by atoms with E-state index in [1.807, 2.05) is 55.5 Å². The highest BCUT2D eigenvalue weighted by Crippen LogP contribution is 2.22. The van der Waals surface area contributed by atoms with Crippen molar-refractivity contribution in [2.24, 2.45) is 7.05 Å². The molecule has 0 spiro atoms. The first-order valence-corrected chi connectivity index (χ1v) is 11.3. The zero-order chi connectivity index (χ0) is 25.8. The highest BCUT2D eigenvalue weighted by Gasteiger charge is 2.24. The molecular weight excluding hydrogens is 462 g/mol. The van der Waals surface area contributed by atoms with Gasteiger partial charge in [0, 0.05) is 19.2 Å². The predicted molar refractivity (Wildman–Crippen MR) is 134 cm³/mol. The molecule has 0 amide bonds. The lowest BCUT2D eigenvalue weighted by Crippen LogP contribution is -2.43. The van der Waals surface area contributed by atoms with Crippen LogP contribution in [0.4, 0.5) is 5.82 Å². The van der Waals surface area contributed by atoms with E-state index in [1.165, 1.54) is 11.7 Å². The number of carbonyl (C=O) groups excluding carboxylic acids is 2. The summed E-state index contributed by atoms with van der Waals surface area (Å²) in [6.45, 7) is 1.33. The number of benzene rings is 2. The second kappa shape index (κ2) is 10.3. The summed E-state index contributed by atoms with van der Waals surface area (Å²) in [5.41, 5.74) is 6.22. The molecule has 184 valence electrons. The van der Waals surface area contributed by atoms with Gasteiger partial charge in [0.25, 0.3) is 5.56 Å². The summed E-state index contributed by atoms with van der Waals surface area (Å²) in [6.07, 6.45) is 0.568. The molecule has 0 aliphatic rings. The Hall–Kier alpha value is -4.73. The largest absolute Gasteiger partial charge is 0.453 e. The average Bonchev–Trinajstić information content (AvgIpc) is 3.35. The molecule has 4 aromatic rings. The quantitative estimate of drug-likeness (QED) is 0.298. The smallest absolute Gasteiger partial charge is 0.357 e. The fourth-order valence-electron chi connectivity index (χ4n) is 3.80. The number of hydrogen-bond donors (Lipinski definition) is 1. The molecule has 0 aliphatic heterocycles. The van der Waals surface area contributed by atoms with Gasteiger partial charge in [-0.1, -0.05) is 55.5 Å². The van der Waals surface area contributed by atoms with Crippen LogP contribution in [0, 0.1) is 0 Å². The molecule has 10 heteroatoms. The van der Waals surface area contributed by atoms with Crippen molar-refractivity contribution in [2.45, 2.75) is 19.9 Å². The number of hydrogen-bond acceptors (Lipinski definition) is 7. The van der Waals surface area contributed by atoms with Crippen LogP contribution in [0.5, 0.6) is 0 Å². The van der Waals surface area contributed by atoms with Crippen molar-refractivity contribution in [1.82, 2.24) is 18.9 Å². The average molecular weight is 488 g/mol. The number of Topliss-reactive ketones (excluding diaryl/α,β-unsaturated/α-hetero) is 1. The number of nitrogens with zero attached hydrogens (tertiary/aromatic N) is 4. The number of nitrogens with two attached hydrogens (primary N) is 1. The maximum Gasteiger partial charge on any atom is 0.357 e. The van der Waals surface area contributed by atoms with Gasteiger partial charge >= 0.3 is 11.7 Å². The van der Waals surface area contributed by atoms with Gasteiger partial charge in [0.05, 0.1) is 11.4 Å². The molecule has 0 aliphatic carbocycles. The Morgan fingerprint density at radius 3 is 2.28 bits per heavy atom. The van der Waals surface area contributed by atoms with E-state index in [0.29, 0.717) is 17.8 Å². The number of anilines is 1. The molecule has 2 N–H and O–H groups in total. The van der Waals surface area contributed by atoms with Crippen molar-refractivity contribution >= 4 is 17.6 Å². The van der Waals surface area contributed by atoms with E-state index in [4.69, 9.17) is 10.5 Å². The standard InChI is InChI=1S/C26H25N5O5/c1-3-14-30-23(27)22(24(33)29(2)26(30)35)21(32)16-36-25(34)20-15-19(17-10-6-4-7-11-17)28-31(20)18-12-8-5-9-13-18/h4-13,15H,3,14,16,27H2,1-2H3. The Balaban J connectivity index is 1.65. The van der Waals surface area contributed by atoms with Crippen LogP contribution in [-0.4, -0.2) is 37.3 Å². The first-order chi connectivity index (χ1) is 17.3. The minimum absolute atomic E-state index is 0.102. The monoisotopic (exact) mass is 487 g/mol. The van der Waals surface area contributed by atoms with Crippen molar-refractivity contribution in [3.63, 3.8) is 0 Å². The number of carbonyl (C=O) groups is 2. The number of ether oxygens (including phenoxy) is 1. The summed E-state index contributed by atoms with van der Waals surface area (Å²) in [5, 5.41) is 4.56. The van der Waals surface area contributed by atoms with Crippen LogP contribution in [0.3, 0.4) is 0 Å². The fraction of sp³-hybridized carbons (Fsp3) is 0.192. The van der Waals surface area contributed by atoms with Crippen molar-refractivity contribution in [2.75, 3.05) is 12.3 Å². The lowest BCUT2D eigenvalue weighted by Gasteiger charge is -2.14. The lowest BCUT2D eigenvalue weighted by atomic mass is 10.1. The van der Waals surface area contributed by atoms with Crippen LogP contribution in [0.15, 0.2) is 76.3 Å². The molecular formula is C26H25N5O5. The van der Waals surface area contributed by atoms with Gasteiger partial charge in [-0.05, 0) is 24.6 Å². The summed E-state index contributed by atoms with van der Waals surface area (Å²) in [5.74, 6) is -1.86. The number of para-hydroxylation sites is 1. The molecule has 0 saturated heterocycles. The van der Waals surface area contributed by atoms with E-state index >= 15 is 0 Å². The fourth-order valence-corrected chi connectivity index (χ4v) is 3.80. The third kappa shape index (κ3) is 4.61. The highest BCUT2D eigenvalue weighted by molar-refractivity contribution is 6.02. The van der Waals surface area contributed by atoms with Crippen LogP contribution in [-0.2, 0) is 18.3 Å². The van der Waals surface area contributed by atoms with E-state index in [-0.39, 0.29) is 23.6 Å². The molecule has 2 heterocycles. The topological polar surface area (TPSA) is 131 Å². The summed E-state index contributed by atoms with van der Waals surface area (Å²) >= 11 is 0. The normalized spacial score (nSPS) is 10.8. The van der Waals surface area contributed by atoms with Crippen molar-refractivity contribution in [1.29, 1.82) is 0 Å². The van der Waals surface area contributed by atoms with Gasteiger partial charge in [-0.3, -0.25) is 18.7 Å². The van der Waals surface area contributed by atoms with E-state index in [9.17, 15) is 19.2 Å². The minimum Gasteiger partial charge on any atom is -0.453 e. The highest BCUT2D eigenvalue weighted by atomic mass is 16.5. The number of aromatic nitrogens is 4. The van der Waals surface area contributed by atoms with Crippen LogP contribution < -0.4 is 17.0 Å². The summed E-state index contributed by atoms with van der Waals surface area (Å²) in [7, 11) is 1.27. The third-order valence-electron chi connectivity index (χ3n) is 5.63. The second-order valence-electron chi connectivity index (χ2n) is 8.09. The third-order valence-corrected chi connectivity index (χ3v) is 5.63. The molecule has 0 fully saturated rings. The first-order valence-electron chi connectivity index (χ1n) is 11.3. The van der Waals surface area contributed by atoms with Gasteiger partial charge in [-0.2, -0.15) is 5.10 Å². The first kappa shape index (κ1) is 24.4. The maximum atomic E-state index is 13.1.